The first kappa shape index (κ1) is 23.5. The van der Waals surface area contributed by atoms with E-state index in [2.05, 4.69) is 10.2 Å². The van der Waals surface area contributed by atoms with E-state index in [1.807, 2.05) is 74.5 Å². The molecule has 2 heterocycles. The summed E-state index contributed by atoms with van der Waals surface area (Å²) in [6.07, 6.45) is 1.54. The quantitative estimate of drug-likeness (QED) is 0.360. The molecule has 0 radical (unpaired) electrons. The maximum atomic E-state index is 12.8. The molecule has 0 aliphatic carbocycles. The fourth-order valence-electron chi connectivity index (χ4n) is 3.67. The van der Waals surface area contributed by atoms with Gasteiger partial charge in [0.2, 0.25) is 5.88 Å². The van der Waals surface area contributed by atoms with E-state index in [0.29, 0.717) is 40.8 Å². The maximum absolute atomic E-state index is 12.8. The fraction of sp³-hybridized carbons (Fsp3) is 0.185. The van der Waals surface area contributed by atoms with Crippen molar-refractivity contribution >= 4 is 6.21 Å². The fourth-order valence-corrected chi connectivity index (χ4v) is 3.67. The summed E-state index contributed by atoms with van der Waals surface area (Å²) in [5.41, 5.74) is 2.91. The second-order valence-corrected chi connectivity index (χ2v) is 7.88. The molecule has 0 unspecified atom stereocenters. The minimum absolute atomic E-state index is 0.0651. The van der Waals surface area contributed by atoms with E-state index in [9.17, 15) is 10.1 Å². The van der Waals surface area contributed by atoms with Crippen molar-refractivity contribution in [1.29, 1.82) is 5.26 Å². The van der Waals surface area contributed by atoms with Crippen LogP contribution in [0.1, 0.15) is 35.0 Å². The molecule has 0 bridgehead atoms. The first-order chi connectivity index (χ1) is 16.9. The first-order valence-electron chi connectivity index (χ1n) is 11.2. The molecule has 0 aliphatic heterocycles. The average Bonchev–Trinajstić information content (AvgIpc) is 3.16. The zero-order chi connectivity index (χ0) is 24.9. The number of nitrogens with zero attached hydrogens (tertiary/aromatic N) is 5. The van der Waals surface area contributed by atoms with Crippen LogP contribution in [0.25, 0.3) is 5.69 Å². The number of aromatic nitrogens is 3. The second-order valence-electron chi connectivity index (χ2n) is 7.88. The van der Waals surface area contributed by atoms with Gasteiger partial charge in [-0.3, -0.25) is 4.79 Å². The Morgan fingerprint density at radius 1 is 1.06 bits per heavy atom. The molecule has 0 spiro atoms. The van der Waals surface area contributed by atoms with Crippen LogP contribution in [0, 0.1) is 32.1 Å². The molecule has 2 aromatic heterocycles. The van der Waals surface area contributed by atoms with Gasteiger partial charge in [-0.2, -0.15) is 20.1 Å². The molecule has 4 rings (SSSR count). The van der Waals surface area contributed by atoms with Crippen molar-refractivity contribution in [2.24, 2.45) is 5.10 Å². The molecule has 0 aliphatic rings. The molecule has 0 atom stereocenters. The standard InChI is InChI=1S/C27H25N5O3/c1-5-34-22-11-13-23(14-12-22)35-27-25(20(4)30-32(27)21-9-7-6-8-10-21)17-29-31-19(3)15-18(2)24(16-28)26(31)33/h6-15,17H,5H2,1-4H3/b29-17+. The van der Waals surface area contributed by atoms with E-state index in [4.69, 9.17) is 9.47 Å². The van der Waals surface area contributed by atoms with Crippen molar-refractivity contribution in [3.05, 3.63) is 99.1 Å². The highest BCUT2D eigenvalue weighted by atomic mass is 16.5. The lowest BCUT2D eigenvalue weighted by atomic mass is 10.1. The lowest BCUT2D eigenvalue weighted by molar-refractivity contribution is 0.339. The average molecular weight is 468 g/mol. The number of aryl methyl sites for hydroxylation is 3. The van der Waals surface area contributed by atoms with Gasteiger partial charge in [0, 0.05) is 5.69 Å². The number of pyridine rings is 1. The summed E-state index contributed by atoms with van der Waals surface area (Å²) >= 11 is 0. The van der Waals surface area contributed by atoms with Crippen LogP contribution < -0.4 is 15.0 Å². The molecule has 8 heteroatoms. The third-order valence-corrected chi connectivity index (χ3v) is 5.39. The first-order valence-corrected chi connectivity index (χ1v) is 11.2. The lowest BCUT2D eigenvalue weighted by Crippen LogP contribution is -2.22. The van der Waals surface area contributed by atoms with Crippen molar-refractivity contribution < 1.29 is 9.47 Å². The van der Waals surface area contributed by atoms with Crippen LogP contribution in [0.5, 0.6) is 17.4 Å². The smallest absolute Gasteiger partial charge is 0.289 e. The van der Waals surface area contributed by atoms with Gasteiger partial charge in [-0.05, 0) is 75.7 Å². The van der Waals surface area contributed by atoms with E-state index in [1.165, 1.54) is 10.9 Å². The normalized spacial score (nSPS) is 10.9. The second kappa shape index (κ2) is 10.1. The van der Waals surface area contributed by atoms with Crippen molar-refractivity contribution in [3.63, 3.8) is 0 Å². The van der Waals surface area contributed by atoms with E-state index < -0.39 is 5.56 Å². The summed E-state index contributed by atoms with van der Waals surface area (Å²) < 4.78 is 14.7. The molecule has 4 aromatic rings. The van der Waals surface area contributed by atoms with Gasteiger partial charge in [0.1, 0.15) is 23.1 Å². The molecule has 176 valence electrons. The topological polar surface area (TPSA) is 94.4 Å². The minimum atomic E-state index is -0.469. The van der Waals surface area contributed by atoms with Crippen molar-refractivity contribution in [2.45, 2.75) is 27.7 Å². The Morgan fingerprint density at radius 3 is 2.40 bits per heavy atom. The van der Waals surface area contributed by atoms with Gasteiger partial charge in [0.25, 0.3) is 5.56 Å². The van der Waals surface area contributed by atoms with E-state index in [0.717, 1.165) is 11.4 Å². The van der Waals surface area contributed by atoms with Gasteiger partial charge < -0.3 is 9.47 Å². The van der Waals surface area contributed by atoms with E-state index in [1.54, 1.807) is 24.6 Å². The number of hydrogen-bond donors (Lipinski definition) is 0. The molecule has 8 nitrogen and oxygen atoms in total. The van der Waals surface area contributed by atoms with Crippen LogP contribution in [0.3, 0.4) is 0 Å². The molecule has 2 aromatic carbocycles. The molecule has 0 saturated carbocycles. The monoisotopic (exact) mass is 467 g/mol. The Morgan fingerprint density at radius 2 is 1.74 bits per heavy atom. The van der Waals surface area contributed by atoms with Gasteiger partial charge >= 0.3 is 0 Å². The Hall–Kier alpha value is -4.64. The number of benzene rings is 2. The lowest BCUT2D eigenvalue weighted by Gasteiger charge is -2.11. The SMILES string of the molecule is CCOc1ccc(Oc2c(/C=N/n3c(C)cc(C)c(C#N)c3=O)c(C)nn2-c2ccccc2)cc1. The number of nitriles is 1. The van der Waals surface area contributed by atoms with Gasteiger partial charge in [-0.25, -0.2) is 4.68 Å². The third-order valence-electron chi connectivity index (χ3n) is 5.39. The van der Waals surface area contributed by atoms with Crippen LogP contribution in [-0.4, -0.2) is 27.3 Å². The van der Waals surface area contributed by atoms with E-state index >= 15 is 0 Å². The number of hydrogen-bond acceptors (Lipinski definition) is 6. The predicted molar refractivity (Wildman–Crippen MR) is 134 cm³/mol. The summed E-state index contributed by atoms with van der Waals surface area (Å²) in [4.78, 5) is 12.8. The van der Waals surface area contributed by atoms with Crippen LogP contribution >= 0.6 is 0 Å². The summed E-state index contributed by atoms with van der Waals surface area (Å²) in [6, 6.07) is 20.6. The van der Waals surface area contributed by atoms with Crippen LogP contribution in [0.15, 0.2) is 70.6 Å². The molecular weight excluding hydrogens is 442 g/mol. The van der Waals surface area contributed by atoms with Crippen LogP contribution in [-0.2, 0) is 0 Å². The van der Waals surface area contributed by atoms with Gasteiger partial charge in [-0.15, -0.1) is 0 Å². The van der Waals surface area contributed by atoms with Crippen molar-refractivity contribution in [1.82, 2.24) is 14.5 Å². The van der Waals surface area contributed by atoms with Gasteiger partial charge in [0.15, 0.2) is 0 Å². The van der Waals surface area contributed by atoms with Crippen LogP contribution in [0.4, 0.5) is 0 Å². The zero-order valence-corrected chi connectivity index (χ0v) is 20.0. The van der Waals surface area contributed by atoms with Crippen molar-refractivity contribution in [3.8, 4) is 29.1 Å². The van der Waals surface area contributed by atoms with Crippen LogP contribution in [0.2, 0.25) is 0 Å². The number of ether oxygens (including phenoxy) is 2. The Bertz CT molecular complexity index is 1480. The Kier molecular flexibility index (Phi) is 6.78. The molecule has 0 saturated heterocycles. The highest BCUT2D eigenvalue weighted by Crippen LogP contribution is 2.30. The molecule has 0 fully saturated rings. The number of para-hydroxylation sites is 1. The molecular formula is C27H25N5O3. The highest BCUT2D eigenvalue weighted by Gasteiger charge is 2.18. The van der Waals surface area contributed by atoms with Gasteiger partial charge in [-0.1, -0.05) is 18.2 Å². The summed E-state index contributed by atoms with van der Waals surface area (Å²) in [6.45, 7) is 7.85. The predicted octanol–water partition coefficient (Wildman–Crippen LogP) is 4.90. The van der Waals surface area contributed by atoms with E-state index in [-0.39, 0.29) is 5.56 Å². The van der Waals surface area contributed by atoms with Crippen molar-refractivity contribution in [2.75, 3.05) is 6.61 Å². The minimum Gasteiger partial charge on any atom is -0.494 e. The summed E-state index contributed by atoms with van der Waals surface area (Å²) in [5, 5.41) is 18.5. The maximum Gasteiger partial charge on any atom is 0.289 e. The summed E-state index contributed by atoms with van der Waals surface area (Å²) in [5.74, 6) is 1.78. The molecule has 35 heavy (non-hydrogen) atoms. The third kappa shape index (κ3) is 4.84. The largest absolute Gasteiger partial charge is 0.494 e. The summed E-state index contributed by atoms with van der Waals surface area (Å²) in [7, 11) is 0. The Balaban J connectivity index is 1.81. The molecule has 0 N–H and O–H groups in total. The van der Waals surface area contributed by atoms with Gasteiger partial charge in [0.05, 0.1) is 29.8 Å². The Labute approximate surface area is 203 Å². The number of rotatable bonds is 7. The highest BCUT2D eigenvalue weighted by molar-refractivity contribution is 5.85. The zero-order valence-electron chi connectivity index (χ0n) is 20.0. The molecule has 0 amide bonds.